The molecular weight excluding hydrogens is 404 g/mol. The number of hydrogen-bond donors (Lipinski definition) is 2. The normalized spacial score (nSPS) is 11.0. The van der Waals surface area contributed by atoms with Gasteiger partial charge in [0.15, 0.2) is 0 Å². The van der Waals surface area contributed by atoms with Gasteiger partial charge in [-0.15, -0.1) is 0 Å². The molecule has 30 heavy (non-hydrogen) atoms. The quantitative estimate of drug-likeness (QED) is 0.458. The molecule has 0 fully saturated rings. The van der Waals surface area contributed by atoms with Gasteiger partial charge in [-0.05, 0) is 48.5 Å². The molecule has 3 aromatic rings. The lowest BCUT2D eigenvalue weighted by Crippen LogP contribution is -2.36. The van der Waals surface area contributed by atoms with E-state index in [-0.39, 0.29) is 18.4 Å². The Balaban J connectivity index is 1.82. The molecule has 1 aromatic heterocycles. The third-order valence-corrected chi connectivity index (χ3v) is 4.40. The lowest BCUT2D eigenvalue weighted by atomic mass is 10.2. The summed E-state index contributed by atoms with van der Waals surface area (Å²) in [6, 6.07) is 17.6. The molecule has 0 saturated carbocycles. The minimum absolute atomic E-state index is 0.259. The van der Waals surface area contributed by atoms with Gasteiger partial charge in [0, 0.05) is 17.4 Å². The third-order valence-electron chi connectivity index (χ3n) is 4.10. The van der Waals surface area contributed by atoms with Gasteiger partial charge in [0.05, 0.1) is 31.5 Å². The molecule has 0 aliphatic carbocycles. The number of halogens is 1. The maximum Gasteiger partial charge on any atom is 0.258 e. The molecule has 7 nitrogen and oxygen atoms in total. The summed E-state index contributed by atoms with van der Waals surface area (Å²) in [7, 11) is 3.09. The number of aromatic nitrogens is 1. The van der Waals surface area contributed by atoms with E-state index < -0.39 is 0 Å². The number of rotatable bonds is 6. The van der Waals surface area contributed by atoms with Crippen molar-refractivity contribution in [3.63, 3.8) is 0 Å². The predicted molar refractivity (Wildman–Crippen MR) is 117 cm³/mol. The standard InChI is InChI=1S/C22H21ClN4O3/c1-29-18-8-5-6-15(12-18)21(28)27-22(25-14-17-7-3-4-11-24-17)26-16-9-10-20(30-2)19(23)13-16/h3-13H,14H2,1-2H3,(H2,25,26,27,28). The zero-order chi connectivity index (χ0) is 21.3. The van der Waals surface area contributed by atoms with Gasteiger partial charge in [-0.25, -0.2) is 4.99 Å². The van der Waals surface area contributed by atoms with Crippen LogP contribution in [0.15, 0.2) is 71.9 Å². The number of methoxy groups -OCH3 is 2. The van der Waals surface area contributed by atoms with Crippen LogP contribution < -0.4 is 20.1 Å². The van der Waals surface area contributed by atoms with Crippen molar-refractivity contribution in [3.8, 4) is 11.5 Å². The van der Waals surface area contributed by atoms with Gasteiger partial charge in [-0.1, -0.05) is 23.7 Å². The number of guanidine groups is 1. The van der Waals surface area contributed by atoms with Crippen LogP contribution >= 0.6 is 11.6 Å². The molecule has 0 radical (unpaired) electrons. The van der Waals surface area contributed by atoms with Crippen LogP contribution in [-0.2, 0) is 6.54 Å². The molecule has 0 bridgehead atoms. The van der Waals surface area contributed by atoms with Gasteiger partial charge in [-0.3, -0.25) is 15.1 Å². The second-order valence-corrected chi connectivity index (χ2v) is 6.55. The van der Waals surface area contributed by atoms with E-state index in [2.05, 4.69) is 20.6 Å². The number of hydrogen-bond acceptors (Lipinski definition) is 5. The van der Waals surface area contributed by atoms with Gasteiger partial charge >= 0.3 is 0 Å². The van der Waals surface area contributed by atoms with E-state index in [0.29, 0.717) is 27.8 Å². The molecule has 0 atom stereocenters. The van der Waals surface area contributed by atoms with Crippen molar-refractivity contribution in [3.05, 3.63) is 83.1 Å². The summed E-state index contributed by atoms with van der Waals surface area (Å²) in [5, 5.41) is 6.32. The van der Waals surface area contributed by atoms with Crippen molar-refractivity contribution in [1.29, 1.82) is 0 Å². The molecule has 1 amide bonds. The van der Waals surface area contributed by atoms with Crippen molar-refractivity contribution >= 4 is 29.2 Å². The van der Waals surface area contributed by atoms with Crippen LogP contribution in [0.25, 0.3) is 0 Å². The Kier molecular flexibility index (Phi) is 7.24. The molecule has 3 rings (SSSR count). The third kappa shape index (κ3) is 5.71. The van der Waals surface area contributed by atoms with E-state index in [1.807, 2.05) is 18.2 Å². The number of carbonyl (C=O) groups is 1. The summed E-state index contributed by atoms with van der Waals surface area (Å²) >= 11 is 6.20. The SMILES string of the molecule is COc1cccc(C(=O)NC(=NCc2ccccn2)Nc2ccc(OC)c(Cl)c2)c1. The average Bonchev–Trinajstić information content (AvgIpc) is 2.78. The fraction of sp³-hybridized carbons (Fsp3) is 0.136. The maximum atomic E-state index is 12.7. The van der Waals surface area contributed by atoms with E-state index in [4.69, 9.17) is 21.1 Å². The summed E-state index contributed by atoms with van der Waals surface area (Å²) < 4.78 is 10.4. The van der Waals surface area contributed by atoms with E-state index in [1.54, 1.807) is 62.9 Å². The first-order valence-electron chi connectivity index (χ1n) is 9.09. The first-order chi connectivity index (χ1) is 14.6. The highest BCUT2D eigenvalue weighted by Gasteiger charge is 2.11. The summed E-state index contributed by atoms with van der Waals surface area (Å²) in [5.41, 5.74) is 1.85. The second kappa shape index (κ2) is 10.3. The lowest BCUT2D eigenvalue weighted by molar-refractivity contribution is 0.0976. The van der Waals surface area contributed by atoms with Crippen molar-refractivity contribution in [1.82, 2.24) is 10.3 Å². The van der Waals surface area contributed by atoms with Crippen molar-refractivity contribution in [2.45, 2.75) is 6.54 Å². The summed E-state index contributed by atoms with van der Waals surface area (Å²) in [6.07, 6.45) is 1.69. The van der Waals surface area contributed by atoms with Crippen LogP contribution in [0, 0.1) is 0 Å². The highest BCUT2D eigenvalue weighted by atomic mass is 35.5. The van der Waals surface area contributed by atoms with Gasteiger partial charge < -0.3 is 14.8 Å². The van der Waals surface area contributed by atoms with Gasteiger partial charge in [0.25, 0.3) is 5.91 Å². The second-order valence-electron chi connectivity index (χ2n) is 6.15. The number of ether oxygens (including phenoxy) is 2. The van der Waals surface area contributed by atoms with Crippen LogP contribution in [0.4, 0.5) is 5.69 Å². The smallest absolute Gasteiger partial charge is 0.258 e. The van der Waals surface area contributed by atoms with Crippen LogP contribution in [0.1, 0.15) is 16.1 Å². The predicted octanol–water partition coefficient (Wildman–Crippen LogP) is 4.15. The topological polar surface area (TPSA) is 84.8 Å². The molecule has 8 heteroatoms. The monoisotopic (exact) mass is 424 g/mol. The zero-order valence-corrected chi connectivity index (χ0v) is 17.3. The number of nitrogens with one attached hydrogen (secondary N) is 2. The minimum atomic E-state index is -0.333. The average molecular weight is 425 g/mol. The Bertz CT molecular complexity index is 1040. The van der Waals surface area contributed by atoms with Crippen LogP contribution in [0.5, 0.6) is 11.5 Å². The fourth-order valence-corrected chi connectivity index (χ4v) is 2.84. The maximum absolute atomic E-state index is 12.7. The lowest BCUT2D eigenvalue weighted by Gasteiger charge is -2.13. The largest absolute Gasteiger partial charge is 0.497 e. The van der Waals surface area contributed by atoms with Crippen LogP contribution in [-0.4, -0.2) is 31.1 Å². The van der Waals surface area contributed by atoms with Gasteiger partial charge in [0.1, 0.15) is 11.5 Å². The molecule has 1 heterocycles. The van der Waals surface area contributed by atoms with Crippen molar-refractivity contribution in [2.24, 2.45) is 4.99 Å². The molecule has 154 valence electrons. The number of carbonyl (C=O) groups excluding carboxylic acids is 1. The minimum Gasteiger partial charge on any atom is -0.497 e. The molecular formula is C22H21ClN4O3. The molecule has 0 aliphatic rings. The number of pyridine rings is 1. The first kappa shape index (κ1) is 21.1. The Hall–Kier alpha value is -3.58. The van der Waals surface area contributed by atoms with E-state index in [0.717, 1.165) is 5.69 Å². The zero-order valence-electron chi connectivity index (χ0n) is 16.6. The fourth-order valence-electron chi connectivity index (χ4n) is 2.59. The molecule has 0 saturated heterocycles. The highest BCUT2D eigenvalue weighted by molar-refractivity contribution is 6.32. The van der Waals surface area contributed by atoms with Crippen LogP contribution in [0.3, 0.4) is 0 Å². The summed E-state index contributed by atoms with van der Waals surface area (Å²) in [6.45, 7) is 0.283. The number of anilines is 1. The number of amides is 1. The van der Waals surface area contributed by atoms with Gasteiger partial charge in [0.2, 0.25) is 5.96 Å². The molecule has 0 unspecified atom stereocenters. The Labute approximate surface area is 179 Å². The van der Waals surface area contributed by atoms with Crippen molar-refractivity contribution < 1.29 is 14.3 Å². The van der Waals surface area contributed by atoms with E-state index in [1.165, 1.54) is 0 Å². The highest BCUT2D eigenvalue weighted by Crippen LogP contribution is 2.27. The Morgan fingerprint density at radius 2 is 1.93 bits per heavy atom. The van der Waals surface area contributed by atoms with Crippen LogP contribution in [0.2, 0.25) is 5.02 Å². The van der Waals surface area contributed by atoms with Crippen molar-refractivity contribution in [2.75, 3.05) is 19.5 Å². The van der Waals surface area contributed by atoms with E-state index >= 15 is 0 Å². The number of benzene rings is 2. The summed E-state index contributed by atoms with van der Waals surface area (Å²) in [4.78, 5) is 21.5. The van der Waals surface area contributed by atoms with E-state index in [9.17, 15) is 4.79 Å². The van der Waals surface area contributed by atoms with Gasteiger partial charge in [-0.2, -0.15) is 0 Å². The molecule has 2 N–H and O–H groups in total. The summed E-state index contributed by atoms with van der Waals surface area (Å²) in [5.74, 6) is 1.06. The number of aliphatic imine (C=N–C) groups is 1. The first-order valence-corrected chi connectivity index (χ1v) is 9.47. The number of nitrogens with zero attached hydrogens (tertiary/aromatic N) is 2. The Morgan fingerprint density at radius 1 is 1.07 bits per heavy atom. The molecule has 0 aliphatic heterocycles. The Morgan fingerprint density at radius 3 is 2.63 bits per heavy atom. The molecule has 2 aromatic carbocycles. The molecule has 0 spiro atoms.